The van der Waals surface area contributed by atoms with E-state index in [0.29, 0.717) is 23.0 Å². The zero-order valence-electron chi connectivity index (χ0n) is 14.1. The topological polar surface area (TPSA) is 70.7 Å². The number of methoxy groups -OCH3 is 1. The molecule has 0 atom stereocenters. The first kappa shape index (κ1) is 18.8. The second-order valence-corrected chi connectivity index (χ2v) is 5.97. The predicted molar refractivity (Wildman–Crippen MR) is 97.9 cm³/mol. The third-order valence-corrected chi connectivity index (χ3v) is 3.59. The van der Waals surface area contributed by atoms with Crippen molar-refractivity contribution in [3.05, 3.63) is 59.1 Å². The van der Waals surface area contributed by atoms with Crippen molar-refractivity contribution in [1.29, 1.82) is 0 Å². The quantitative estimate of drug-likeness (QED) is 0.829. The molecule has 2 aromatic rings. The Morgan fingerprint density at radius 1 is 1.16 bits per heavy atom. The Bertz CT molecular complexity index is 735. The van der Waals surface area contributed by atoms with Crippen LogP contribution >= 0.6 is 11.6 Å². The van der Waals surface area contributed by atoms with Crippen molar-refractivity contribution in [2.45, 2.75) is 6.54 Å². The molecule has 0 aliphatic heterocycles. The third-order valence-electron chi connectivity index (χ3n) is 3.36. The number of carbonyl (C=O) groups is 2. The van der Waals surface area contributed by atoms with E-state index in [-0.39, 0.29) is 6.54 Å². The summed E-state index contributed by atoms with van der Waals surface area (Å²) in [5, 5.41) is 5.54. The average molecular weight is 362 g/mol. The predicted octanol–water partition coefficient (Wildman–Crippen LogP) is 3.13. The summed E-state index contributed by atoms with van der Waals surface area (Å²) in [7, 11) is 3.36. The van der Waals surface area contributed by atoms with Crippen molar-refractivity contribution in [2.75, 3.05) is 26.0 Å². The molecule has 0 aliphatic rings. The molecule has 0 heterocycles. The first-order valence-corrected chi connectivity index (χ1v) is 8.02. The van der Waals surface area contributed by atoms with Gasteiger partial charge in [0, 0.05) is 17.3 Å². The van der Waals surface area contributed by atoms with Crippen molar-refractivity contribution in [1.82, 2.24) is 10.2 Å². The van der Waals surface area contributed by atoms with Gasteiger partial charge in [-0.1, -0.05) is 23.7 Å². The van der Waals surface area contributed by atoms with Crippen molar-refractivity contribution < 1.29 is 14.3 Å². The maximum absolute atomic E-state index is 12.0. The molecule has 0 spiro atoms. The van der Waals surface area contributed by atoms with E-state index < -0.39 is 11.9 Å². The van der Waals surface area contributed by atoms with Crippen LogP contribution in [0.25, 0.3) is 0 Å². The van der Waals surface area contributed by atoms with E-state index in [1.54, 1.807) is 49.4 Å². The van der Waals surface area contributed by atoms with Gasteiger partial charge in [0.25, 0.3) is 0 Å². The van der Waals surface area contributed by atoms with Gasteiger partial charge < -0.3 is 10.1 Å². The fraction of sp³-hybridized carbons (Fsp3) is 0.222. The van der Waals surface area contributed by atoms with Crippen molar-refractivity contribution in [2.24, 2.45) is 0 Å². The number of amides is 3. The highest BCUT2D eigenvalue weighted by molar-refractivity contribution is 6.30. The molecule has 6 nitrogen and oxygen atoms in total. The number of likely N-dealkylation sites (N-methyl/N-ethyl adjacent to an activating group) is 1. The average Bonchev–Trinajstić information content (AvgIpc) is 2.55. The smallest absolute Gasteiger partial charge is 0.325 e. The number of urea groups is 1. The van der Waals surface area contributed by atoms with E-state index in [0.717, 1.165) is 5.56 Å². The molecule has 0 fully saturated rings. The standard InChI is InChI=1S/C18H20ClN3O3/c1-22(11-13-4-3-5-14(19)10-13)12-17(23)21-18(24)20-15-6-8-16(25-2)9-7-15/h3-10H,11-12H2,1-2H3,(H2,20,21,23,24). The van der Waals surface area contributed by atoms with E-state index in [9.17, 15) is 9.59 Å². The van der Waals surface area contributed by atoms with Gasteiger partial charge in [0.15, 0.2) is 0 Å². The Kier molecular flexibility index (Phi) is 6.80. The molecule has 7 heteroatoms. The molecule has 3 amide bonds. The summed E-state index contributed by atoms with van der Waals surface area (Å²) in [4.78, 5) is 25.6. The summed E-state index contributed by atoms with van der Waals surface area (Å²) in [5.41, 5.74) is 1.56. The second kappa shape index (κ2) is 9.05. The number of rotatable bonds is 6. The normalized spacial score (nSPS) is 10.4. The van der Waals surface area contributed by atoms with Crippen LogP contribution in [0.3, 0.4) is 0 Å². The Morgan fingerprint density at radius 3 is 2.52 bits per heavy atom. The first-order valence-electron chi connectivity index (χ1n) is 7.64. The monoisotopic (exact) mass is 361 g/mol. The summed E-state index contributed by atoms with van der Waals surface area (Å²) in [5.74, 6) is 0.292. The Morgan fingerprint density at radius 2 is 1.88 bits per heavy atom. The Labute approximate surface area is 151 Å². The maximum atomic E-state index is 12.0. The molecule has 0 aromatic heterocycles. The molecule has 0 radical (unpaired) electrons. The number of hydrogen-bond acceptors (Lipinski definition) is 4. The molecule has 0 aliphatic carbocycles. The molecule has 2 aromatic carbocycles. The molecule has 0 unspecified atom stereocenters. The Balaban J connectivity index is 1.79. The minimum Gasteiger partial charge on any atom is -0.497 e. The number of hydrogen-bond donors (Lipinski definition) is 2. The zero-order valence-corrected chi connectivity index (χ0v) is 14.8. The summed E-state index contributed by atoms with van der Waals surface area (Å²) in [6, 6.07) is 13.7. The fourth-order valence-electron chi connectivity index (χ4n) is 2.25. The lowest BCUT2D eigenvalue weighted by atomic mass is 10.2. The highest BCUT2D eigenvalue weighted by Gasteiger charge is 2.11. The fourth-order valence-corrected chi connectivity index (χ4v) is 2.46. The molecule has 0 saturated carbocycles. The third kappa shape index (κ3) is 6.45. The van der Waals surface area contributed by atoms with Crippen molar-refractivity contribution in [3.8, 4) is 5.75 Å². The van der Waals surface area contributed by atoms with E-state index in [2.05, 4.69) is 10.6 Å². The van der Waals surface area contributed by atoms with Gasteiger partial charge in [0.05, 0.1) is 13.7 Å². The van der Waals surface area contributed by atoms with Gasteiger partial charge in [0.1, 0.15) is 5.75 Å². The number of benzene rings is 2. The van der Waals surface area contributed by atoms with Crippen LogP contribution in [0.5, 0.6) is 5.75 Å². The molecular weight excluding hydrogens is 342 g/mol. The molecule has 0 bridgehead atoms. The lowest BCUT2D eigenvalue weighted by Crippen LogP contribution is -2.40. The van der Waals surface area contributed by atoms with Crippen LogP contribution in [0.2, 0.25) is 5.02 Å². The highest BCUT2D eigenvalue weighted by atomic mass is 35.5. The summed E-state index contributed by atoms with van der Waals surface area (Å²) in [6.07, 6.45) is 0. The van der Waals surface area contributed by atoms with Crippen molar-refractivity contribution >= 4 is 29.2 Å². The van der Waals surface area contributed by atoms with Crippen LogP contribution in [-0.4, -0.2) is 37.5 Å². The summed E-state index contributed by atoms with van der Waals surface area (Å²) < 4.78 is 5.04. The molecule has 25 heavy (non-hydrogen) atoms. The van der Waals surface area contributed by atoms with Gasteiger partial charge in [-0.2, -0.15) is 0 Å². The van der Waals surface area contributed by atoms with E-state index in [1.807, 2.05) is 18.2 Å². The van der Waals surface area contributed by atoms with Gasteiger partial charge in [-0.05, 0) is 49.0 Å². The van der Waals surface area contributed by atoms with Gasteiger partial charge in [-0.25, -0.2) is 4.79 Å². The number of anilines is 1. The van der Waals surface area contributed by atoms with E-state index >= 15 is 0 Å². The number of carbonyl (C=O) groups excluding carboxylic acids is 2. The molecule has 0 saturated heterocycles. The number of imide groups is 1. The number of nitrogens with one attached hydrogen (secondary N) is 2. The lowest BCUT2D eigenvalue weighted by Gasteiger charge is -2.16. The number of ether oxygens (including phenoxy) is 1. The minimum absolute atomic E-state index is 0.0859. The van der Waals surface area contributed by atoms with Gasteiger partial charge in [-0.3, -0.25) is 15.0 Å². The first-order chi connectivity index (χ1) is 12.0. The minimum atomic E-state index is -0.577. The van der Waals surface area contributed by atoms with Gasteiger partial charge in [-0.15, -0.1) is 0 Å². The van der Waals surface area contributed by atoms with Gasteiger partial charge >= 0.3 is 6.03 Å². The SMILES string of the molecule is COc1ccc(NC(=O)NC(=O)CN(C)Cc2cccc(Cl)c2)cc1. The molecule has 2 N–H and O–H groups in total. The van der Waals surface area contributed by atoms with Crippen LogP contribution in [0, 0.1) is 0 Å². The molecular formula is C18H20ClN3O3. The van der Waals surface area contributed by atoms with Crippen molar-refractivity contribution in [3.63, 3.8) is 0 Å². The van der Waals surface area contributed by atoms with E-state index in [4.69, 9.17) is 16.3 Å². The number of nitrogens with zero attached hydrogens (tertiary/aromatic N) is 1. The number of halogens is 1. The van der Waals surface area contributed by atoms with Crippen LogP contribution in [0.4, 0.5) is 10.5 Å². The zero-order chi connectivity index (χ0) is 18.2. The van der Waals surface area contributed by atoms with Crippen LogP contribution in [0.1, 0.15) is 5.56 Å². The van der Waals surface area contributed by atoms with Gasteiger partial charge in [0.2, 0.25) is 5.91 Å². The maximum Gasteiger partial charge on any atom is 0.325 e. The van der Waals surface area contributed by atoms with E-state index in [1.165, 1.54) is 0 Å². The highest BCUT2D eigenvalue weighted by Crippen LogP contribution is 2.15. The Hall–Kier alpha value is -2.57. The molecule has 2 rings (SSSR count). The van der Waals surface area contributed by atoms with Crippen LogP contribution in [0.15, 0.2) is 48.5 Å². The van der Waals surface area contributed by atoms with Crippen LogP contribution in [-0.2, 0) is 11.3 Å². The second-order valence-electron chi connectivity index (χ2n) is 5.53. The van der Waals surface area contributed by atoms with Crippen LogP contribution < -0.4 is 15.4 Å². The summed E-state index contributed by atoms with van der Waals surface area (Å²) in [6.45, 7) is 0.636. The summed E-state index contributed by atoms with van der Waals surface area (Å²) >= 11 is 5.94. The molecule has 132 valence electrons. The lowest BCUT2D eigenvalue weighted by molar-refractivity contribution is -0.120. The largest absolute Gasteiger partial charge is 0.497 e.